The number of nitrogens with two attached hydrogens (primary N) is 1. The van der Waals surface area contributed by atoms with Crippen molar-refractivity contribution in [2.24, 2.45) is 5.92 Å². The number of pyridine rings is 1. The third kappa shape index (κ3) is 5.34. The van der Waals surface area contributed by atoms with Crippen molar-refractivity contribution < 1.29 is 9.53 Å². The van der Waals surface area contributed by atoms with Crippen LogP contribution in [0.25, 0.3) is 0 Å². The molecule has 3 rings (SSSR count). The first-order chi connectivity index (χ1) is 13.5. The molecule has 2 aromatic heterocycles. The molecule has 9 heteroatoms. The van der Waals surface area contributed by atoms with Crippen LogP contribution in [0.3, 0.4) is 0 Å². The van der Waals surface area contributed by atoms with Crippen LogP contribution in [-0.4, -0.2) is 44.3 Å². The van der Waals surface area contributed by atoms with Gasteiger partial charge in [-0.05, 0) is 26.7 Å². The number of nitrogens with one attached hydrogen (secondary N) is 2. The van der Waals surface area contributed by atoms with Crippen molar-refractivity contribution >= 4 is 17.3 Å². The Bertz CT molecular complexity index is 764. The fourth-order valence-electron chi connectivity index (χ4n) is 3.45. The summed E-state index contributed by atoms with van der Waals surface area (Å²) in [5.41, 5.74) is 7.40. The van der Waals surface area contributed by atoms with E-state index in [1.807, 2.05) is 13.8 Å². The minimum Gasteiger partial charge on any atom is -0.476 e. The summed E-state index contributed by atoms with van der Waals surface area (Å²) in [5.74, 6) is 0.514. The maximum absolute atomic E-state index is 12.6. The quantitative estimate of drug-likeness (QED) is 0.632. The molecule has 2 atom stereocenters. The molecule has 152 valence electrons. The molecule has 0 aromatic carbocycles. The molecule has 2 aromatic rings. The number of nitrogens with zero attached hydrogens (tertiary/aromatic N) is 4. The lowest BCUT2D eigenvalue weighted by Crippen LogP contribution is -2.45. The smallest absolute Gasteiger partial charge is 0.225 e. The highest BCUT2D eigenvalue weighted by Crippen LogP contribution is 2.30. The lowest BCUT2D eigenvalue weighted by atomic mass is 9.83. The number of anilines is 2. The van der Waals surface area contributed by atoms with E-state index in [1.54, 1.807) is 23.3 Å². The van der Waals surface area contributed by atoms with Gasteiger partial charge < -0.3 is 21.1 Å². The highest BCUT2D eigenvalue weighted by atomic mass is 16.5. The van der Waals surface area contributed by atoms with Gasteiger partial charge in [0.25, 0.3) is 0 Å². The average molecular weight is 387 g/mol. The zero-order valence-corrected chi connectivity index (χ0v) is 16.5. The summed E-state index contributed by atoms with van der Waals surface area (Å²) >= 11 is 0. The SMILES string of the molecule is CC(C)NC(=O)C1CCCCC1Nc1cc(OCCn2cncn2)ncc1N. The topological polar surface area (TPSA) is 120 Å². The van der Waals surface area contributed by atoms with Crippen LogP contribution in [0.1, 0.15) is 39.5 Å². The molecule has 2 heterocycles. The van der Waals surface area contributed by atoms with Crippen LogP contribution in [0.15, 0.2) is 24.9 Å². The number of nitrogen functional groups attached to an aromatic ring is 1. The van der Waals surface area contributed by atoms with Crippen molar-refractivity contribution in [1.29, 1.82) is 0 Å². The molecule has 0 bridgehead atoms. The first-order valence-corrected chi connectivity index (χ1v) is 9.80. The molecule has 1 amide bonds. The van der Waals surface area contributed by atoms with Crippen molar-refractivity contribution in [2.75, 3.05) is 17.7 Å². The van der Waals surface area contributed by atoms with Crippen LogP contribution < -0.4 is 21.1 Å². The zero-order valence-electron chi connectivity index (χ0n) is 16.5. The molecule has 1 aliphatic carbocycles. The summed E-state index contributed by atoms with van der Waals surface area (Å²) in [6, 6.07) is 1.97. The van der Waals surface area contributed by atoms with Gasteiger partial charge in [0.05, 0.1) is 30.0 Å². The third-order valence-electron chi connectivity index (χ3n) is 4.82. The van der Waals surface area contributed by atoms with Crippen molar-refractivity contribution in [3.05, 3.63) is 24.9 Å². The lowest BCUT2D eigenvalue weighted by Gasteiger charge is -2.32. The van der Waals surface area contributed by atoms with E-state index in [9.17, 15) is 4.79 Å². The third-order valence-corrected chi connectivity index (χ3v) is 4.82. The van der Waals surface area contributed by atoms with Gasteiger partial charge in [-0.3, -0.25) is 4.79 Å². The Morgan fingerprint density at radius 2 is 2.21 bits per heavy atom. The summed E-state index contributed by atoms with van der Waals surface area (Å²) in [6.07, 6.45) is 8.67. The Balaban J connectivity index is 1.63. The molecule has 0 radical (unpaired) electrons. The van der Waals surface area contributed by atoms with Gasteiger partial charge in [0, 0.05) is 18.2 Å². The molecular formula is C19H29N7O2. The highest BCUT2D eigenvalue weighted by Gasteiger charge is 2.31. The Morgan fingerprint density at radius 1 is 1.39 bits per heavy atom. The first-order valence-electron chi connectivity index (χ1n) is 9.80. The van der Waals surface area contributed by atoms with Gasteiger partial charge in [0.1, 0.15) is 19.3 Å². The zero-order chi connectivity index (χ0) is 19.9. The van der Waals surface area contributed by atoms with Crippen molar-refractivity contribution in [2.45, 2.75) is 58.2 Å². The standard InChI is InChI=1S/C19H29N7O2/c1-13(2)24-19(27)14-5-3-4-6-16(14)25-17-9-18(22-10-15(17)20)28-8-7-26-12-21-11-23-26/h9-14,16H,3-8,20H2,1-2H3,(H,22,25)(H,24,27). The molecular weight excluding hydrogens is 358 g/mol. The minimum atomic E-state index is -0.0691. The summed E-state index contributed by atoms with van der Waals surface area (Å²) in [6.45, 7) is 4.96. The maximum atomic E-state index is 12.6. The second kappa shape index (κ2) is 9.38. The minimum absolute atomic E-state index is 0.0419. The molecule has 1 fully saturated rings. The Morgan fingerprint density at radius 3 is 2.96 bits per heavy atom. The van der Waals surface area contributed by atoms with Crippen molar-refractivity contribution in [1.82, 2.24) is 25.1 Å². The van der Waals surface area contributed by atoms with Gasteiger partial charge in [-0.2, -0.15) is 5.10 Å². The normalized spacial score (nSPS) is 19.4. The molecule has 1 aliphatic rings. The number of hydrogen-bond acceptors (Lipinski definition) is 7. The van der Waals surface area contributed by atoms with E-state index >= 15 is 0 Å². The number of rotatable bonds is 8. The fraction of sp³-hybridized carbons (Fsp3) is 0.579. The van der Waals surface area contributed by atoms with Crippen LogP contribution in [0, 0.1) is 5.92 Å². The second-order valence-corrected chi connectivity index (χ2v) is 7.42. The van der Waals surface area contributed by atoms with Gasteiger partial charge in [0.2, 0.25) is 11.8 Å². The van der Waals surface area contributed by atoms with Crippen LogP contribution in [0.5, 0.6) is 5.88 Å². The molecule has 1 saturated carbocycles. The average Bonchev–Trinajstić information content (AvgIpc) is 3.17. The van der Waals surface area contributed by atoms with Crippen molar-refractivity contribution in [3.8, 4) is 5.88 Å². The Hall–Kier alpha value is -2.84. The van der Waals surface area contributed by atoms with Crippen LogP contribution in [0.4, 0.5) is 11.4 Å². The van der Waals surface area contributed by atoms with Crippen molar-refractivity contribution in [3.63, 3.8) is 0 Å². The molecule has 28 heavy (non-hydrogen) atoms. The number of carbonyl (C=O) groups is 1. The summed E-state index contributed by atoms with van der Waals surface area (Å²) in [5, 5.41) is 10.5. The fourth-order valence-corrected chi connectivity index (χ4v) is 3.45. The number of hydrogen-bond donors (Lipinski definition) is 3. The maximum Gasteiger partial charge on any atom is 0.225 e. The van der Waals surface area contributed by atoms with E-state index < -0.39 is 0 Å². The molecule has 2 unspecified atom stereocenters. The van der Waals surface area contributed by atoms with Gasteiger partial charge in [-0.25, -0.2) is 14.6 Å². The molecule has 0 aliphatic heterocycles. The van der Waals surface area contributed by atoms with Crippen LogP contribution >= 0.6 is 0 Å². The number of carbonyl (C=O) groups excluding carboxylic acids is 1. The van der Waals surface area contributed by atoms with E-state index in [0.29, 0.717) is 24.7 Å². The summed E-state index contributed by atoms with van der Waals surface area (Å²) in [4.78, 5) is 20.7. The van der Waals surface area contributed by atoms with Gasteiger partial charge in [-0.15, -0.1) is 0 Å². The predicted octanol–water partition coefficient (Wildman–Crippen LogP) is 1.83. The largest absolute Gasteiger partial charge is 0.476 e. The lowest BCUT2D eigenvalue weighted by molar-refractivity contribution is -0.126. The molecule has 0 spiro atoms. The molecule has 4 N–H and O–H groups in total. The van der Waals surface area contributed by atoms with E-state index in [0.717, 1.165) is 31.4 Å². The van der Waals surface area contributed by atoms with Gasteiger partial charge >= 0.3 is 0 Å². The summed E-state index contributed by atoms with van der Waals surface area (Å²) in [7, 11) is 0. The van der Waals surface area contributed by atoms with Crippen LogP contribution in [-0.2, 0) is 11.3 Å². The summed E-state index contributed by atoms with van der Waals surface area (Å²) < 4.78 is 7.41. The Labute approximate surface area is 165 Å². The number of aromatic nitrogens is 4. The molecule has 0 saturated heterocycles. The highest BCUT2D eigenvalue weighted by molar-refractivity contribution is 5.80. The van der Waals surface area contributed by atoms with Gasteiger partial charge in [0.15, 0.2) is 0 Å². The van der Waals surface area contributed by atoms with Gasteiger partial charge in [-0.1, -0.05) is 12.8 Å². The number of ether oxygens (including phenoxy) is 1. The van der Waals surface area contributed by atoms with E-state index in [1.165, 1.54) is 6.33 Å². The molecule has 9 nitrogen and oxygen atoms in total. The van der Waals surface area contributed by atoms with E-state index in [4.69, 9.17) is 10.5 Å². The van der Waals surface area contributed by atoms with E-state index in [2.05, 4.69) is 25.7 Å². The monoisotopic (exact) mass is 387 g/mol. The van der Waals surface area contributed by atoms with E-state index in [-0.39, 0.29) is 23.9 Å². The Kier molecular flexibility index (Phi) is 6.67. The second-order valence-electron chi connectivity index (χ2n) is 7.42. The number of amides is 1. The first kappa shape index (κ1) is 19.9. The van der Waals surface area contributed by atoms with Crippen LogP contribution in [0.2, 0.25) is 0 Å². The predicted molar refractivity (Wildman–Crippen MR) is 107 cm³/mol.